The van der Waals surface area contributed by atoms with Gasteiger partial charge >= 0.3 is 0 Å². The molecule has 38 heavy (non-hydrogen) atoms. The van der Waals surface area contributed by atoms with Gasteiger partial charge in [-0.1, -0.05) is 26.7 Å². The third-order valence-corrected chi connectivity index (χ3v) is 14.3. The van der Waals surface area contributed by atoms with Gasteiger partial charge in [0.15, 0.2) is 0 Å². The molecule has 0 radical (unpaired) electrons. The molecule has 2 heterocycles. The molecule has 7 unspecified atom stereocenters. The van der Waals surface area contributed by atoms with Gasteiger partial charge in [0.2, 0.25) is 10.0 Å². The molecule has 3 N–H and O–H groups in total. The molecule has 0 amide bonds. The van der Waals surface area contributed by atoms with Crippen molar-refractivity contribution in [1.82, 2.24) is 9.21 Å². The molecule has 3 saturated carbocycles. The minimum absolute atomic E-state index is 0.0190. The van der Waals surface area contributed by atoms with Gasteiger partial charge in [0.05, 0.1) is 12.7 Å². The third kappa shape index (κ3) is 5.61. The van der Waals surface area contributed by atoms with Crippen LogP contribution < -0.4 is 5.73 Å². The van der Waals surface area contributed by atoms with E-state index < -0.39 is 15.3 Å². The summed E-state index contributed by atoms with van der Waals surface area (Å²) in [6.45, 7) is 7.28. The van der Waals surface area contributed by atoms with E-state index >= 15 is 0 Å². The van der Waals surface area contributed by atoms with Crippen LogP contribution in [0.5, 0.6) is 0 Å². The number of nitrogens with zero attached hydrogens (tertiary/aromatic N) is 2. The summed E-state index contributed by atoms with van der Waals surface area (Å²) < 4.78 is 35.5. The van der Waals surface area contributed by atoms with E-state index in [2.05, 4.69) is 18.7 Å². The number of hydrogen-bond donors (Lipinski definition) is 2. The minimum atomic E-state index is -3.48. The zero-order valence-electron chi connectivity index (χ0n) is 24.2. The number of ether oxygens (including phenoxy) is 1. The molecular formula is C30H55N3O4S. The summed E-state index contributed by atoms with van der Waals surface area (Å²) in [7, 11) is -1.86. The van der Waals surface area contributed by atoms with Gasteiger partial charge in [-0.3, -0.25) is 4.90 Å². The molecule has 2 saturated heterocycles. The van der Waals surface area contributed by atoms with Crippen LogP contribution in [0.15, 0.2) is 0 Å². The van der Waals surface area contributed by atoms with Crippen molar-refractivity contribution < 1.29 is 18.3 Å². The van der Waals surface area contributed by atoms with Gasteiger partial charge < -0.3 is 15.6 Å². The van der Waals surface area contributed by atoms with Crippen LogP contribution in [0.1, 0.15) is 90.9 Å². The number of methoxy groups -OCH3 is 1. The smallest absolute Gasteiger partial charge is 0.219 e. The number of rotatable bonds is 6. The minimum Gasteiger partial charge on any atom is -0.395 e. The zero-order valence-corrected chi connectivity index (χ0v) is 25.0. The fraction of sp³-hybridized carbons (Fsp3) is 1.00. The van der Waals surface area contributed by atoms with Crippen LogP contribution in [0.3, 0.4) is 0 Å². The van der Waals surface area contributed by atoms with Gasteiger partial charge in [0.1, 0.15) is 5.25 Å². The number of nitrogens with two attached hydrogens (primary N) is 1. The lowest BCUT2D eigenvalue weighted by atomic mass is 9.60. The molecule has 5 aliphatic rings. The predicted molar refractivity (Wildman–Crippen MR) is 152 cm³/mol. The quantitative estimate of drug-likeness (QED) is 0.519. The molecule has 0 bridgehead atoms. The second kappa shape index (κ2) is 12.3. The zero-order chi connectivity index (χ0) is 27.0. The molecule has 2 aliphatic heterocycles. The van der Waals surface area contributed by atoms with Gasteiger partial charge in [-0.15, -0.1) is 0 Å². The Morgan fingerprint density at radius 3 is 2.34 bits per heavy atom. The first-order chi connectivity index (χ1) is 18.3. The summed E-state index contributed by atoms with van der Waals surface area (Å²) >= 11 is 0. The predicted octanol–water partition coefficient (Wildman–Crippen LogP) is 3.85. The summed E-state index contributed by atoms with van der Waals surface area (Å²) in [6.07, 6.45) is 12.8. The summed E-state index contributed by atoms with van der Waals surface area (Å²) in [5.74, 6) is 4.42. The normalized spacial score (nSPS) is 46.0. The Kier molecular flexibility index (Phi) is 9.48. The van der Waals surface area contributed by atoms with Crippen LogP contribution in [0.4, 0.5) is 0 Å². The van der Waals surface area contributed by atoms with Crippen molar-refractivity contribution >= 4 is 10.0 Å². The van der Waals surface area contributed by atoms with Crippen LogP contribution in [0.2, 0.25) is 0 Å². The molecule has 220 valence electrons. The summed E-state index contributed by atoms with van der Waals surface area (Å²) in [6, 6.07) is 0.437. The topological polar surface area (TPSA) is 96.1 Å². The molecule has 9 atom stereocenters. The van der Waals surface area contributed by atoms with Gasteiger partial charge in [-0.25, -0.2) is 12.7 Å². The average molecular weight is 554 g/mol. The third-order valence-electron chi connectivity index (χ3n) is 11.9. The molecule has 5 fully saturated rings. The first kappa shape index (κ1) is 29.2. The van der Waals surface area contributed by atoms with Crippen molar-refractivity contribution in [2.75, 3.05) is 33.4 Å². The molecule has 0 aromatic heterocycles. The van der Waals surface area contributed by atoms with Crippen molar-refractivity contribution in [3.05, 3.63) is 0 Å². The van der Waals surface area contributed by atoms with Crippen molar-refractivity contribution in [2.45, 2.75) is 120 Å². The lowest BCUT2D eigenvalue weighted by Crippen LogP contribution is -2.71. The molecule has 0 aromatic carbocycles. The van der Waals surface area contributed by atoms with E-state index in [9.17, 15) is 13.5 Å². The summed E-state index contributed by atoms with van der Waals surface area (Å²) in [5, 5.41) is 9.93. The molecular weight excluding hydrogens is 498 g/mol. The summed E-state index contributed by atoms with van der Waals surface area (Å²) in [4.78, 5) is 2.45. The molecule has 3 aliphatic carbocycles. The van der Waals surface area contributed by atoms with E-state index in [1.165, 1.54) is 44.9 Å². The number of sulfonamides is 1. The van der Waals surface area contributed by atoms with Crippen LogP contribution in [0.25, 0.3) is 0 Å². The van der Waals surface area contributed by atoms with Crippen LogP contribution in [-0.2, 0) is 14.8 Å². The van der Waals surface area contributed by atoms with E-state index in [0.717, 1.165) is 49.5 Å². The Balaban J connectivity index is 1.28. The number of hydrogen-bond acceptors (Lipinski definition) is 6. The van der Waals surface area contributed by atoms with Gasteiger partial charge in [0, 0.05) is 38.3 Å². The Bertz CT molecular complexity index is 879. The van der Waals surface area contributed by atoms with E-state index in [4.69, 9.17) is 10.5 Å². The Morgan fingerprint density at radius 1 is 0.921 bits per heavy atom. The first-order valence-corrected chi connectivity index (χ1v) is 17.4. The SMILES string of the molecule is COC1CC(N)CCC1S(=O)(=O)N1CCCCN2C(C1)[C@H](C1CCC(C3CCCC(C)C3C)CC1)[C@H]2CO. The first-order valence-electron chi connectivity index (χ1n) is 15.9. The van der Waals surface area contributed by atoms with E-state index in [-0.39, 0.29) is 30.8 Å². The second-order valence-corrected chi connectivity index (χ2v) is 15.9. The number of fused-ring (bicyclic) bond motifs is 1. The summed E-state index contributed by atoms with van der Waals surface area (Å²) in [5.41, 5.74) is 6.16. The second-order valence-electron chi connectivity index (χ2n) is 13.7. The van der Waals surface area contributed by atoms with E-state index in [1.54, 1.807) is 7.11 Å². The van der Waals surface area contributed by atoms with Crippen LogP contribution in [0, 0.1) is 35.5 Å². The highest BCUT2D eigenvalue weighted by molar-refractivity contribution is 7.89. The van der Waals surface area contributed by atoms with Crippen LogP contribution >= 0.6 is 0 Å². The highest BCUT2D eigenvalue weighted by Gasteiger charge is 2.54. The number of aliphatic hydroxyl groups is 1. The fourth-order valence-corrected chi connectivity index (χ4v) is 11.7. The monoisotopic (exact) mass is 553 g/mol. The maximum absolute atomic E-state index is 14.0. The van der Waals surface area contributed by atoms with Crippen molar-refractivity contribution in [1.29, 1.82) is 0 Å². The maximum Gasteiger partial charge on any atom is 0.219 e. The molecule has 8 heteroatoms. The molecule has 7 nitrogen and oxygen atoms in total. The number of aliphatic hydroxyl groups excluding tert-OH is 1. The lowest BCUT2D eigenvalue weighted by Gasteiger charge is -2.60. The standard InChI is InChI=1S/C30H55N3O4S/c1-20-7-6-8-25(21(20)2)22-9-11-23(12-10-22)30-26-18-32(15-4-5-16-33(26)27(30)19-34)38(35,36)29-14-13-24(31)17-28(29)37-3/h20-30,34H,4-19,31H2,1-3H3/t20?,21?,22?,23?,24?,25?,26?,27-,28?,29?,30+/m1/s1. The van der Waals surface area contributed by atoms with E-state index in [1.807, 2.05) is 4.31 Å². The Morgan fingerprint density at radius 2 is 1.63 bits per heavy atom. The van der Waals surface area contributed by atoms with Crippen molar-refractivity contribution in [3.63, 3.8) is 0 Å². The molecule has 0 aromatic rings. The highest BCUT2D eigenvalue weighted by atomic mass is 32.2. The largest absolute Gasteiger partial charge is 0.395 e. The Hall–Kier alpha value is -0.250. The van der Waals surface area contributed by atoms with E-state index in [0.29, 0.717) is 37.8 Å². The maximum atomic E-state index is 14.0. The van der Waals surface area contributed by atoms with Gasteiger partial charge in [-0.05, 0) is 106 Å². The lowest BCUT2D eigenvalue weighted by molar-refractivity contribution is -0.123. The molecule has 5 rings (SSSR count). The molecule has 0 spiro atoms. The van der Waals surface area contributed by atoms with Crippen LogP contribution in [-0.4, -0.2) is 85.6 Å². The van der Waals surface area contributed by atoms with Crippen molar-refractivity contribution in [3.8, 4) is 0 Å². The van der Waals surface area contributed by atoms with Gasteiger partial charge in [-0.2, -0.15) is 0 Å². The Labute approximate surface area is 232 Å². The fourth-order valence-electron chi connectivity index (χ4n) is 9.53. The van der Waals surface area contributed by atoms with Crippen molar-refractivity contribution in [2.24, 2.45) is 41.2 Å². The van der Waals surface area contributed by atoms with Gasteiger partial charge in [0.25, 0.3) is 0 Å². The average Bonchev–Trinajstić information content (AvgIpc) is 2.89. The highest BCUT2D eigenvalue weighted by Crippen LogP contribution is 2.50.